The smallest absolute Gasteiger partial charge is 0.456 e. The first-order valence-corrected chi connectivity index (χ1v) is 14.2. The Morgan fingerprint density at radius 1 is 0.561 bits per heavy atom. The fraction of sp³-hybridized carbons (Fsp3) is 0.167. The van der Waals surface area contributed by atoms with Gasteiger partial charge < -0.3 is 18.3 Å². The fourth-order valence-electron chi connectivity index (χ4n) is 6.21. The Balaban J connectivity index is 1.35. The van der Waals surface area contributed by atoms with Gasteiger partial charge in [-0.05, 0) is 86.7 Å². The van der Waals surface area contributed by atoms with E-state index in [4.69, 9.17) is 13.7 Å². The van der Waals surface area contributed by atoms with E-state index in [0.29, 0.717) is 0 Å². The molecule has 5 aromatic carbocycles. The van der Waals surface area contributed by atoms with Crippen molar-refractivity contribution in [3.63, 3.8) is 0 Å². The molecule has 3 heterocycles. The van der Waals surface area contributed by atoms with E-state index in [1.54, 1.807) is 0 Å². The molecule has 200 valence electrons. The number of hydrogen-bond acceptors (Lipinski definition) is 3. The van der Waals surface area contributed by atoms with Crippen molar-refractivity contribution in [2.24, 2.45) is 0 Å². The number of fused-ring (bicyclic) bond motifs is 6. The molecule has 1 aliphatic rings. The quantitative estimate of drug-likeness (QED) is 0.213. The summed E-state index contributed by atoms with van der Waals surface area (Å²) in [4.78, 5) is 0. The minimum Gasteiger partial charge on any atom is -0.456 e. The van der Waals surface area contributed by atoms with Crippen LogP contribution in [-0.4, -0.2) is 22.9 Å². The van der Waals surface area contributed by atoms with Gasteiger partial charge in [-0.2, -0.15) is 0 Å². The first kappa shape index (κ1) is 24.5. The maximum absolute atomic E-state index is 6.47. The van der Waals surface area contributed by atoms with Gasteiger partial charge in [0.25, 0.3) is 0 Å². The molecule has 0 spiro atoms. The highest BCUT2D eigenvalue weighted by Crippen LogP contribution is 2.39. The van der Waals surface area contributed by atoms with Gasteiger partial charge in [0, 0.05) is 27.2 Å². The Hall–Kier alpha value is -4.32. The second-order valence-corrected chi connectivity index (χ2v) is 12.0. The van der Waals surface area contributed by atoms with E-state index in [2.05, 4.69) is 129 Å². The van der Waals surface area contributed by atoms with Gasteiger partial charge in [0.1, 0.15) is 11.2 Å². The van der Waals surface area contributed by atoms with Crippen LogP contribution in [0.5, 0.6) is 0 Å². The molecule has 1 fully saturated rings. The Morgan fingerprint density at radius 3 is 2.10 bits per heavy atom. The van der Waals surface area contributed by atoms with Crippen molar-refractivity contribution in [3.8, 4) is 16.8 Å². The van der Waals surface area contributed by atoms with E-state index in [0.717, 1.165) is 33.1 Å². The van der Waals surface area contributed by atoms with E-state index in [-0.39, 0.29) is 0 Å². The molecule has 5 heteroatoms. The monoisotopic (exact) mass is 535 g/mol. The first-order chi connectivity index (χ1) is 19.8. The SMILES string of the molecule is CC1(C)OB(c2cccc3oc4ccc(-n5c6ccccc6c6cc(-c7ccccc7)ccc65)cc4c23)OC1(C)C. The second kappa shape index (κ2) is 8.59. The minimum atomic E-state index is -0.474. The van der Waals surface area contributed by atoms with Crippen LogP contribution in [0.25, 0.3) is 60.6 Å². The molecule has 7 aromatic rings. The van der Waals surface area contributed by atoms with Gasteiger partial charge in [-0.1, -0.05) is 66.7 Å². The van der Waals surface area contributed by atoms with Gasteiger partial charge >= 0.3 is 7.12 Å². The standard InChI is InChI=1S/C36H30BNO3/c1-35(2)36(3,4)41-37(40-35)29-14-10-16-33-34(29)28-22-25(18-20-32(28)39-33)38-30-15-9-8-13-26(30)27-21-24(17-19-31(27)38)23-11-6-5-7-12-23/h5-22H,1-4H3. The number of para-hydroxylation sites is 1. The number of aromatic nitrogens is 1. The predicted molar refractivity (Wildman–Crippen MR) is 169 cm³/mol. The normalized spacial score (nSPS) is 16.4. The highest BCUT2D eigenvalue weighted by atomic mass is 16.7. The van der Waals surface area contributed by atoms with Crippen molar-refractivity contribution in [1.82, 2.24) is 4.57 Å². The van der Waals surface area contributed by atoms with Crippen LogP contribution in [-0.2, 0) is 9.31 Å². The molecule has 0 unspecified atom stereocenters. The van der Waals surface area contributed by atoms with Crippen molar-refractivity contribution in [3.05, 3.63) is 109 Å². The van der Waals surface area contributed by atoms with Crippen LogP contribution < -0.4 is 5.46 Å². The number of nitrogens with zero attached hydrogens (tertiary/aromatic N) is 1. The molecule has 0 radical (unpaired) electrons. The molecule has 0 atom stereocenters. The Kier molecular flexibility index (Phi) is 5.13. The zero-order chi connectivity index (χ0) is 27.9. The lowest BCUT2D eigenvalue weighted by molar-refractivity contribution is 0.00578. The fourth-order valence-corrected chi connectivity index (χ4v) is 6.21. The summed E-state index contributed by atoms with van der Waals surface area (Å²) in [6.07, 6.45) is 0. The van der Waals surface area contributed by atoms with Crippen LogP contribution in [0.15, 0.2) is 114 Å². The summed E-state index contributed by atoms with van der Waals surface area (Å²) < 4.78 is 21.7. The van der Waals surface area contributed by atoms with Crippen LogP contribution in [0.1, 0.15) is 27.7 Å². The second-order valence-electron chi connectivity index (χ2n) is 12.0. The molecular formula is C36H30BNO3. The van der Waals surface area contributed by atoms with Crippen LogP contribution in [0.4, 0.5) is 0 Å². The third kappa shape index (κ3) is 3.63. The van der Waals surface area contributed by atoms with E-state index >= 15 is 0 Å². The zero-order valence-corrected chi connectivity index (χ0v) is 23.6. The molecule has 2 aromatic heterocycles. The van der Waals surface area contributed by atoms with Gasteiger partial charge in [0.05, 0.1) is 22.2 Å². The van der Waals surface area contributed by atoms with Gasteiger partial charge in [-0.15, -0.1) is 0 Å². The first-order valence-electron chi connectivity index (χ1n) is 14.2. The van der Waals surface area contributed by atoms with E-state index in [1.165, 1.54) is 32.9 Å². The highest BCUT2D eigenvalue weighted by Gasteiger charge is 2.52. The zero-order valence-electron chi connectivity index (χ0n) is 23.6. The summed E-state index contributed by atoms with van der Waals surface area (Å²) in [7, 11) is -0.474. The summed E-state index contributed by atoms with van der Waals surface area (Å²) in [6.45, 7) is 8.35. The van der Waals surface area contributed by atoms with Gasteiger partial charge in [0.2, 0.25) is 0 Å². The average Bonchev–Trinajstić information content (AvgIpc) is 3.58. The maximum atomic E-state index is 6.47. The third-order valence-electron chi connectivity index (χ3n) is 9.06. The van der Waals surface area contributed by atoms with Gasteiger partial charge in [-0.3, -0.25) is 0 Å². The molecule has 41 heavy (non-hydrogen) atoms. The molecule has 0 amide bonds. The molecule has 0 N–H and O–H groups in total. The van der Waals surface area contributed by atoms with Crippen LogP contribution in [0.3, 0.4) is 0 Å². The van der Waals surface area contributed by atoms with E-state index in [1.807, 2.05) is 12.1 Å². The summed E-state index contributed by atoms with van der Waals surface area (Å²) >= 11 is 0. The van der Waals surface area contributed by atoms with Gasteiger partial charge in [-0.25, -0.2) is 0 Å². The molecule has 0 aliphatic carbocycles. The van der Waals surface area contributed by atoms with E-state index < -0.39 is 18.3 Å². The maximum Gasteiger partial charge on any atom is 0.495 e. The van der Waals surface area contributed by atoms with Crippen molar-refractivity contribution in [2.75, 3.05) is 0 Å². The highest BCUT2D eigenvalue weighted by molar-refractivity contribution is 6.66. The number of rotatable bonds is 3. The topological polar surface area (TPSA) is 36.5 Å². The Labute approximate surface area is 239 Å². The largest absolute Gasteiger partial charge is 0.495 e. The molecule has 8 rings (SSSR count). The summed E-state index contributed by atoms with van der Waals surface area (Å²) in [6, 6.07) is 38.6. The van der Waals surface area contributed by atoms with Crippen LogP contribution in [0.2, 0.25) is 0 Å². The summed E-state index contributed by atoms with van der Waals surface area (Å²) in [5.74, 6) is 0. The number of benzene rings is 5. The lowest BCUT2D eigenvalue weighted by Gasteiger charge is -2.32. The van der Waals surface area contributed by atoms with Crippen molar-refractivity contribution in [1.29, 1.82) is 0 Å². The summed E-state index contributed by atoms with van der Waals surface area (Å²) in [5, 5.41) is 4.55. The van der Waals surface area contributed by atoms with Crippen LogP contribution in [0, 0.1) is 0 Å². The lowest BCUT2D eigenvalue weighted by Crippen LogP contribution is -2.41. The van der Waals surface area contributed by atoms with Gasteiger partial charge in [0.15, 0.2) is 0 Å². The Morgan fingerprint density at radius 2 is 1.29 bits per heavy atom. The molecule has 1 aliphatic heterocycles. The molecule has 0 bridgehead atoms. The Bertz CT molecular complexity index is 2100. The number of furan rings is 1. The van der Waals surface area contributed by atoms with E-state index in [9.17, 15) is 0 Å². The van der Waals surface area contributed by atoms with Crippen LogP contribution >= 0.6 is 0 Å². The predicted octanol–water partition coefficient (Wildman–Crippen LogP) is 8.65. The molecule has 4 nitrogen and oxygen atoms in total. The third-order valence-corrected chi connectivity index (χ3v) is 9.06. The minimum absolute atomic E-state index is 0.424. The number of hydrogen-bond donors (Lipinski definition) is 0. The molecule has 1 saturated heterocycles. The van der Waals surface area contributed by atoms with Crippen molar-refractivity contribution >= 4 is 56.3 Å². The van der Waals surface area contributed by atoms with Crippen molar-refractivity contribution in [2.45, 2.75) is 38.9 Å². The summed E-state index contributed by atoms with van der Waals surface area (Å²) in [5.41, 5.74) is 7.68. The molecule has 0 saturated carbocycles. The average molecular weight is 535 g/mol. The van der Waals surface area contributed by atoms with Crippen molar-refractivity contribution < 1.29 is 13.7 Å². The lowest BCUT2D eigenvalue weighted by atomic mass is 9.76. The molecular weight excluding hydrogens is 505 g/mol.